The maximum atomic E-state index is 12.4. The number of anilines is 1. The number of amides is 1. The number of aromatic nitrogens is 1. The lowest BCUT2D eigenvalue weighted by atomic mass is 10.1. The highest BCUT2D eigenvalue weighted by atomic mass is 35.5. The van der Waals surface area contributed by atoms with Gasteiger partial charge in [0, 0.05) is 26.1 Å². The Morgan fingerprint density at radius 1 is 1.68 bits per heavy atom. The van der Waals surface area contributed by atoms with Gasteiger partial charge in [-0.3, -0.25) is 4.79 Å². The van der Waals surface area contributed by atoms with Crippen LogP contribution in [-0.4, -0.2) is 42.6 Å². The first-order chi connectivity index (χ1) is 9.15. The Hall–Kier alpha value is -1.37. The van der Waals surface area contributed by atoms with Crippen molar-refractivity contribution in [1.29, 1.82) is 0 Å². The van der Waals surface area contributed by atoms with Gasteiger partial charge in [-0.2, -0.15) is 0 Å². The van der Waals surface area contributed by atoms with Crippen LogP contribution < -0.4 is 11.3 Å². The Morgan fingerprint density at radius 2 is 2.47 bits per heavy atom. The van der Waals surface area contributed by atoms with Crippen molar-refractivity contribution >= 4 is 23.3 Å². The topological polar surface area (TPSA) is 80.5 Å². The van der Waals surface area contributed by atoms with Crippen LogP contribution in [0.1, 0.15) is 16.9 Å². The Morgan fingerprint density at radius 3 is 3.16 bits per heavy atom. The predicted octanol–water partition coefficient (Wildman–Crippen LogP) is 1.13. The van der Waals surface area contributed by atoms with E-state index in [0.29, 0.717) is 36.5 Å². The molecule has 0 aromatic carbocycles. The molecule has 1 fully saturated rings. The maximum Gasteiger partial charge on any atom is 0.274 e. The predicted molar refractivity (Wildman–Crippen MR) is 72.9 cm³/mol. The number of nitrogens with zero attached hydrogens (tertiary/aromatic N) is 2. The number of halogens is 1. The van der Waals surface area contributed by atoms with Gasteiger partial charge in [-0.1, -0.05) is 11.6 Å². The standard InChI is InChI=1S/C12H17ClN4O2/c1-19-7-8-4-5-17(6-8)12(18)11-9(13)2-3-10(15-11)16-14/h2-3,8H,4-7,14H2,1H3,(H,15,16). The average molecular weight is 285 g/mol. The van der Waals surface area contributed by atoms with Crippen LogP contribution in [0.3, 0.4) is 0 Å². The SMILES string of the molecule is COCC1CCN(C(=O)c2nc(NN)ccc2Cl)C1. The molecule has 1 unspecified atom stereocenters. The molecule has 1 atom stereocenters. The summed E-state index contributed by atoms with van der Waals surface area (Å²) in [5.41, 5.74) is 2.64. The van der Waals surface area contributed by atoms with Crippen LogP contribution in [0.2, 0.25) is 5.02 Å². The minimum absolute atomic E-state index is 0.166. The van der Waals surface area contributed by atoms with Crippen LogP contribution in [0.5, 0.6) is 0 Å². The lowest BCUT2D eigenvalue weighted by molar-refractivity contribution is 0.0770. The number of rotatable bonds is 4. The molecule has 6 nitrogen and oxygen atoms in total. The molecule has 2 rings (SSSR count). The van der Waals surface area contributed by atoms with Crippen molar-refractivity contribution in [2.75, 3.05) is 32.2 Å². The van der Waals surface area contributed by atoms with Crippen molar-refractivity contribution in [1.82, 2.24) is 9.88 Å². The van der Waals surface area contributed by atoms with Gasteiger partial charge in [0.1, 0.15) is 11.5 Å². The lowest BCUT2D eigenvalue weighted by Gasteiger charge is -2.17. The van der Waals surface area contributed by atoms with E-state index in [1.54, 1.807) is 24.1 Å². The highest BCUT2D eigenvalue weighted by Gasteiger charge is 2.28. The zero-order chi connectivity index (χ0) is 13.8. The molecule has 1 aliphatic rings. The molecule has 3 N–H and O–H groups in total. The van der Waals surface area contributed by atoms with Crippen LogP contribution in [0.15, 0.2) is 12.1 Å². The van der Waals surface area contributed by atoms with E-state index < -0.39 is 0 Å². The Bertz CT molecular complexity index is 469. The molecule has 1 aliphatic heterocycles. The van der Waals surface area contributed by atoms with E-state index in [1.165, 1.54) is 0 Å². The molecule has 0 radical (unpaired) electrons. The minimum atomic E-state index is -0.166. The number of pyridine rings is 1. The normalized spacial score (nSPS) is 18.7. The average Bonchev–Trinajstić information content (AvgIpc) is 2.88. The van der Waals surface area contributed by atoms with Crippen molar-refractivity contribution in [3.63, 3.8) is 0 Å². The van der Waals surface area contributed by atoms with Crippen molar-refractivity contribution in [3.8, 4) is 0 Å². The van der Waals surface area contributed by atoms with Crippen molar-refractivity contribution in [2.45, 2.75) is 6.42 Å². The van der Waals surface area contributed by atoms with Crippen molar-refractivity contribution < 1.29 is 9.53 Å². The Labute approximate surface area is 116 Å². The van der Waals surface area contributed by atoms with Gasteiger partial charge in [-0.25, -0.2) is 10.8 Å². The molecule has 19 heavy (non-hydrogen) atoms. The van der Waals surface area contributed by atoms with Gasteiger partial charge in [-0.05, 0) is 18.6 Å². The first-order valence-electron chi connectivity index (χ1n) is 6.07. The fourth-order valence-corrected chi connectivity index (χ4v) is 2.40. The largest absolute Gasteiger partial charge is 0.384 e. The van der Waals surface area contributed by atoms with Gasteiger partial charge >= 0.3 is 0 Å². The third kappa shape index (κ3) is 3.15. The van der Waals surface area contributed by atoms with Crippen molar-refractivity contribution in [3.05, 3.63) is 22.8 Å². The van der Waals surface area contributed by atoms with Crippen LogP contribution in [0.4, 0.5) is 5.82 Å². The summed E-state index contributed by atoms with van der Waals surface area (Å²) in [5.74, 6) is 5.92. The zero-order valence-electron chi connectivity index (χ0n) is 10.7. The Balaban J connectivity index is 2.12. The van der Waals surface area contributed by atoms with Gasteiger partial charge in [0.2, 0.25) is 0 Å². The van der Waals surface area contributed by atoms with Gasteiger partial charge in [0.05, 0.1) is 11.6 Å². The second-order valence-electron chi connectivity index (χ2n) is 4.53. The number of hydrogen-bond acceptors (Lipinski definition) is 5. The number of nitrogens with one attached hydrogen (secondary N) is 1. The zero-order valence-corrected chi connectivity index (χ0v) is 11.5. The number of ether oxygens (including phenoxy) is 1. The number of nitrogen functional groups attached to an aromatic ring is 1. The molecule has 1 aromatic heterocycles. The van der Waals surface area contributed by atoms with Crippen LogP contribution in [0.25, 0.3) is 0 Å². The summed E-state index contributed by atoms with van der Waals surface area (Å²) < 4.78 is 5.11. The van der Waals surface area contributed by atoms with Crippen LogP contribution in [0, 0.1) is 5.92 Å². The first-order valence-corrected chi connectivity index (χ1v) is 6.45. The number of nitrogens with two attached hydrogens (primary N) is 1. The minimum Gasteiger partial charge on any atom is -0.384 e. The molecule has 0 saturated carbocycles. The second kappa shape index (κ2) is 6.18. The molecule has 0 bridgehead atoms. The monoisotopic (exact) mass is 284 g/mol. The van der Waals surface area contributed by atoms with Gasteiger partial charge in [0.25, 0.3) is 5.91 Å². The summed E-state index contributed by atoms with van der Waals surface area (Å²) in [6, 6.07) is 3.23. The van der Waals surface area contributed by atoms with E-state index in [2.05, 4.69) is 10.4 Å². The number of methoxy groups -OCH3 is 1. The van der Waals surface area contributed by atoms with Crippen LogP contribution >= 0.6 is 11.6 Å². The molecule has 0 aliphatic carbocycles. The van der Waals surface area contributed by atoms with Gasteiger partial charge in [0.15, 0.2) is 0 Å². The summed E-state index contributed by atoms with van der Waals surface area (Å²) in [6.07, 6.45) is 0.937. The molecule has 0 spiro atoms. The van der Waals surface area contributed by atoms with E-state index in [4.69, 9.17) is 22.2 Å². The Kier molecular flexibility index (Phi) is 4.57. The molecule has 1 amide bonds. The maximum absolute atomic E-state index is 12.4. The van der Waals surface area contributed by atoms with E-state index in [0.717, 1.165) is 6.42 Å². The smallest absolute Gasteiger partial charge is 0.274 e. The highest BCUT2D eigenvalue weighted by Crippen LogP contribution is 2.22. The molecule has 104 valence electrons. The summed E-state index contributed by atoms with van der Waals surface area (Å²) in [4.78, 5) is 18.2. The number of hydrogen-bond donors (Lipinski definition) is 2. The molecule has 1 saturated heterocycles. The number of hydrazine groups is 1. The second-order valence-corrected chi connectivity index (χ2v) is 4.94. The molecular formula is C12H17ClN4O2. The number of carbonyl (C=O) groups is 1. The first kappa shape index (κ1) is 14.0. The molecular weight excluding hydrogens is 268 g/mol. The number of carbonyl (C=O) groups excluding carboxylic acids is 1. The quantitative estimate of drug-likeness (QED) is 0.640. The number of likely N-dealkylation sites (tertiary alicyclic amines) is 1. The third-order valence-corrected chi connectivity index (χ3v) is 3.48. The molecule has 7 heteroatoms. The third-order valence-electron chi connectivity index (χ3n) is 3.17. The molecule has 2 heterocycles. The van der Waals surface area contributed by atoms with E-state index in [-0.39, 0.29) is 11.6 Å². The van der Waals surface area contributed by atoms with E-state index >= 15 is 0 Å². The summed E-state index contributed by atoms with van der Waals surface area (Å²) in [7, 11) is 1.67. The lowest BCUT2D eigenvalue weighted by Crippen LogP contribution is -2.30. The summed E-state index contributed by atoms with van der Waals surface area (Å²) in [5, 5.41) is 0.333. The van der Waals surface area contributed by atoms with E-state index in [9.17, 15) is 4.79 Å². The highest BCUT2D eigenvalue weighted by molar-refractivity contribution is 6.33. The summed E-state index contributed by atoms with van der Waals surface area (Å²) in [6.45, 7) is 2.03. The van der Waals surface area contributed by atoms with Gasteiger partial charge in [-0.15, -0.1) is 0 Å². The molecule has 1 aromatic rings. The van der Waals surface area contributed by atoms with Crippen molar-refractivity contribution in [2.24, 2.45) is 11.8 Å². The van der Waals surface area contributed by atoms with E-state index in [1.807, 2.05) is 0 Å². The van der Waals surface area contributed by atoms with Crippen LogP contribution in [-0.2, 0) is 4.74 Å². The summed E-state index contributed by atoms with van der Waals surface area (Å²) >= 11 is 6.02. The fourth-order valence-electron chi connectivity index (χ4n) is 2.21. The van der Waals surface area contributed by atoms with Gasteiger partial charge < -0.3 is 15.1 Å². The fraction of sp³-hybridized carbons (Fsp3) is 0.500.